The normalized spacial score (nSPS) is 23.3. The molecule has 0 spiro atoms. The molecular formula is C21H23BrN6S. The molecule has 1 saturated heterocycles. The van der Waals surface area contributed by atoms with Crippen molar-refractivity contribution >= 4 is 27.7 Å². The molecule has 3 heterocycles. The summed E-state index contributed by atoms with van der Waals surface area (Å²) in [6.45, 7) is 3.59. The van der Waals surface area contributed by atoms with E-state index in [1.807, 2.05) is 11.6 Å². The maximum absolute atomic E-state index is 4.34. The summed E-state index contributed by atoms with van der Waals surface area (Å²) in [7, 11) is 2.00. The van der Waals surface area contributed by atoms with E-state index in [0.29, 0.717) is 5.41 Å². The van der Waals surface area contributed by atoms with Crippen LogP contribution in [0.15, 0.2) is 52.6 Å². The standard InChI is InChI=1S/C21H23BrN6S/c1-27-19(15-10-23-14-24-11-15)25-26-20(27)29-8-2-7-28-12-17-9-21(17,13-28)16-3-5-18(22)6-4-16/h3-6,10-11,14,17H,2,7-9,12-13H2,1H3. The van der Waals surface area contributed by atoms with Crippen LogP contribution in [0.25, 0.3) is 11.4 Å². The number of aromatic nitrogens is 5. The summed E-state index contributed by atoms with van der Waals surface area (Å²) in [6, 6.07) is 8.95. The Kier molecular flexibility index (Phi) is 5.17. The fourth-order valence-corrected chi connectivity index (χ4v) is 5.64. The predicted octanol–water partition coefficient (Wildman–Crippen LogP) is 3.79. The molecule has 5 rings (SSSR count). The van der Waals surface area contributed by atoms with Crippen molar-refractivity contribution in [3.63, 3.8) is 0 Å². The van der Waals surface area contributed by atoms with Crippen LogP contribution in [0.5, 0.6) is 0 Å². The summed E-state index contributed by atoms with van der Waals surface area (Å²) in [4.78, 5) is 10.8. The van der Waals surface area contributed by atoms with Crippen LogP contribution >= 0.6 is 27.7 Å². The van der Waals surface area contributed by atoms with Crippen molar-refractivity contribution in [2.24, 2.45) is 13.0 Å². The van der Waals surface area contributed by atoms with Gasteiger partial charge in [-0.2, -0.15) is 0 Å². The molecule has 0 radical (unpaired) electrons. The van der Waals surface area contributed by atoms with Crippen LogP contribution in [0, 0.1) is 5.92 Å². The number of hydrogen-bond donors (Lipinski definition) is 0. The molecule has 0 N–H and O–H groups in total. The van der Waals surface area contributed by atoms with Gasteiger partial charge in [0.05, 0.1) is 5.56 Å². The summed E-state index contributed by atoms with van der Waals surface area (Å²) < 4.78 is 3.19. The Balaban J connectivity index is 1.12. The second kappa shape index (κ2) is 7.81. The third kappa shape index (κ3) is 3.73. The molecule has 1 aromatic carbocycles. The third-order valence-electron chi connectivity index (χ3n) is 6.14. The van der Waals surface area contributed by atoms with Crippen LogP contribution in [0.1, 0.15) is 18.4 Å². The lowest BCUT2D eigenvalue weighted by Crippen LogP contribution is -2.27. The predicted molar refractivity (Wildman–Crippen MR) is 118 cm³/mol. The van der Waals surface area contributed by atoms with Gasteiger partial charge in [0.1, 0.15) is 6.33 Å². The van der Waals surface area contributed by atoms with Gasteiger partial charge in [-0.25, -0.2) is 9.97 Å². The van der Waals surface area contributed by atoms with Crippen molar-refractivity contribution in [1.29, 1.82) is 0 Å². The van der Waals surface area contributed by atoms with E-state index in [0.717, 1.165) is 45.7 Å². The minimum absolute atomic E-state index is 0.421. The van der Waals surface area contributed by atoms with Crippen LogP contribution in [-0.4, -0.2) is 55.0 Å². The van der Waals surface area contributed by atoms with E-state index in [9.17, 15) is 0 Å². The Morgan fingerprint density at radius 3 is 2.76 bits per heavy atom. The first-order valence-corrected chi connectivity index (χ1v) is 11.7. The highest BCUT2D eigenvalue weighted by Crippen LogP contribution is 2.59. The number of piperidine rings is 1. The van der Waals surface area contributed by atoms with E-state index in [-0.39, 0.29) is 0 Å². The van der Waals surface area contributed by atoms with Gasteiger partial charge in [0.2, 0.25) is 0 Å². The molecule has 2 unspecified atom stereocenters. The van der Waals surface area contributed by atoms with Crippen LogP contribution in [0.3, 0.4) is 0 Å². The van der Waals surface area contributed by atoms with Crippen LogP contribution in [-0.2, 0) is 12.5 Å². The van der Waals surface area contributed by atoms with Gasteiger partial charge in [-0.1, -0.05) is 39.8 Å². The summed E-state index contributed by atoms with van der Waals surface area (Å²) in [5, 5.41) is 9.59. The third-order valence-corrected chi connectivity index (χ3v) is 7.77. The summed E-state index contributed by atoms with van der Waals surface area (Å²) in [6.07, 6.45) is 7.57. The molecule has 2 aliphatic rings. The molecule has 2 fully saturated rings. The number of nitrogens with zero attached hydrogens (tertiary/aromatic N) is 6. The molecule has 150 valence electrons. The highest BCUT2D eigenvalue weighted by Gasteiger charge is 2.60. The lowest BCUT2D eigenvalue weighted by atomic mass is 9.95. The first kappa shape index (κ1) is 19.2. The van der Waals surface area contributed by atoms with Crippen molar-refractivity contribution in [3.05, 3.63) is 53.0 Å². The summed E-state index contributed by atoms with van der Waals surface area (Å²) in [5.41, 5.74) is 2.83. The van der Waals surface area contributed by atoms with Gasteiger partial charge in [0.15, 0.2) is 11.0 Å². The quantitative estimate of drug-likeness (QED) is 0.386. The zero-order chi connectivity index (χ0) is 19.8. The zero-order valence-corrected chi connectivity index (χ0v) is 18.7. The lowest BCUT2D eigenvalue weighted by molar-refractivity contribution is 0.299. The highest BCUT2D eigenvalue weighted by molar-refractivity contribution is 9.10. The fourth-order valence-electron chi connectivity index (χ4n) is 4.54. The van der Waals surface area contributed by atoms with Crippen molar-refractivity contribution in [2.45, 2.75) is 23.4 Å². The number of thioether (sulfide) groups is 1. The van der Waals surface area contributed by atoms with Gasteiger partial charge in [0, 0.05) is 48.2 Å². The zero-order valence-electron chi connectivity index (χ0n) is 16.3. The largest absolute Gasteiger partial charge is 0.305 e. The van der Waals surface area contributed by atoms with Gasteiger partial charge < -0.3 is 9.47 Å². The second-order valence-electron chi connectivity index (χ2n) is 7.99. The molecule has 8 heteroatoms. The number of hydrogen-bond acceptors (Lipinski definition) is 6. The fraction of sp³-hybridized carbons (Fsp3) is 0.429. The van der Waals surface area contributed by atoms with E-state index in [2.05, 4.69) is 65.3 Å². The highest BCUT2D eigenvalue weighted by atomic mass is 79.9. The molecule has 29 heavy (non-hydrogen) atoms. The molecule has 3 aromatic rings. The Labute approximate surface area is 183 Å². The number of halogens is 1. The number of rotatable bonds is 7. The minimum atomic E-state index is 0.421. The second-order valence-corrected chi connectivity index (χ2v) is 9.97. The smallest absolute Gasteiger partial charge is 0.191 e. The van der Waals surface area contributed by atoms with Crippen LogP contribution in [0.4, 0.5) is 0 Å². The molecule has 2 atom stereocenters. The molecule has 1 aliphatic carbocycles. The Morgan fingerprint density at radius 1 is 1.17 bits per heavy atom. The molecule has 6 nitrogen and oxygen atoms in total. The SMILES string of the molecule is Cn1c(SCCCN2CC3CC3(c3ccc(Br)cc3)C2)nnc1-c1cncnc1. The van der Waals surface area contributed by atoms with Crippen molar-refractivity contribution < 1.29 is 0 Å². The molecule has 1 aliphatic heterocycles. The topological polar surface area (TPSA) is 59.7 Å². The molecule has 0 bridgehead atoms. The number of likely N-dealkylation sites (tertiary alicyclic amines) is 1. The van der Waals surface area contributed by atoms with Crippen LogP contribution in [0.2, 0.25) is 0 Å². The van der Waals surface area contributed by atoms with Gasteiger partial charge in [-0.15, -0.1) is 10.2 Å². The lowest BCUT2D eigenvalue weighted by Gasteiger charge is -2.21. The van der Waals surface area contributed by atoms with E-state index in [4.69, 9.17) is 0 Å². The molecule has 2 aromatic heterocycles. The average molecular weight is 471 g/mol. The van der Waals surface area contributed by atoms with Gasteiger partial charge >= 0.3 is 0 Å². The van der Waals surface area contributed by atoms with E-state index in [1.54, 1.807) is 24.2 Å². The van der Waals surface area contributed by atoms with E-state index >= 15 is 0 Å². The molecule has 1 saturated carbocycles. The first-order chi connectivity index (χ1) is 14.2. The average Bonchev–Trinajstić information content (AvgIpc) is 3.11. The van der Waals surface area contributed by atoms with E-state index in [1.165, 1.54) is 31.4 Å². The van der Waals surface area contributed by atoms with Crippen molar-refractivity contribution in [3.8, 4) is 11.4 Å². The number of fused-ring (bicyclic) bond motifs is 1. The van der Waals surface area contributed by atoms with E-state index < -0.39 is 0 Å². The Hall–Kier alpha value is -1.77. The summed E-state index contributed by atoms with van der Waals surface area (Å²) in [5.74, 6) is 2.69. The van der Waals surface area contributed by atoms with Gasteiger partial charge in [-0.3, -0.25) is 0 Å². The van der Waals surface area contributed by atoms with Crippen molar-refractivity contribution in [2.75, 3.05) is 25.4 Å². The Morgan fingerprint density at radius 2 is 1.97 bits per heavy atom. The Bertz CT molecular complexity index is 992. The van der Waals surface area contributed by atoms with Gasteiger partial charge in [0.25, 0.3) is 0 Å². The monoisotopic (exact) mass is 470 g/mol. The maximum Gasteiger partial charge on any atom is 0.191 e. The maximum atomic E-state index is 4.34. The first-order valence-electron chi connectivity index (χ1n) is 9.92. The van der Waals surface area contributed by atoms with Crippen molar-refractivity contribution in [1.82, 2.24) is 29.6 Å². The summed E-state index contributed by atoms with van der Waals surface area (Å²) >= 11 is 5.32. The molecular weight excluding hydrogens is 448 g/mol. The van der Waals surface area contributed by atoms with Gasteiger partial charge in [-0.05, 0) is 43.0 Å². The minimum Gasteiger partial charge on any atom is -0.305 e. The van der Waals surface area contributed by atoms with Crippen LogP contribution < -0.4 is 0 Å². The number of benzene rings is 1. The molecule has 0 amide bonds.